The van der Waals surface area contributed by atoms with Gasteiger partial charge < -0.3 is 10.0 Å². The Bertz CT molecular complexity index is 301. The quantitative estimate of drug-likeness (QED) is 0.846. The normalized spacial score (nSPS) is 34.3. The third-order valence-corrected chi connectivity index (χ3v) is 4.95. The fourth-order valence-electron chi connectivity index (χ4n) is 3.75. The highest BCUT2D eigenvalue weighted by Gasteiger charge is 2.38. The molecule has 19 heavy (non-hydrogen) atoms. The molecule has 3 unspecified atom stereocenters. The molecule has 1 saturated heterocycles. The van der Waals surface area contributed by atoms with Crippen molar-refractivity contribution in [1.29, 1.82) is 0 Å². The van der Waals surface area contributed by atoms with Crippen molar-refractivity contribution in [2.24, 2.45) is 11.8 Å². The summed E-state index contributed by atoms with van der Waals surface area (Å²) >= 11 is 0. The predicted molar refractivity (Wildman–Crippen MR) is 76.2 cm³/mol. The van der Waals surface area contributed by atoms with Gasteiger partial charge >= 0.3 is 5.97 Å². The van der Waals surface area contributed by atoms with Gasteiger partial charge in [0.25, 0.3) is 0 Å². The minimum absolute atomic E-state index is 0.142. The van der Waals surface area contributed by atoms with E-state index < -0.39 is 5.97 Å². The van der Waals surface area contributed by atoms with Crippen LogP contribution < -0.4 is 0 Å². The molecule has 3 atom stereocenters. The summed E-state index contributed by atoms with van der Waals surface area (Å²) in [5, 5.41) is 9.47. The molecule has 0 aromatic heterocycles. The predicted octanol–water partition coefficient (Wildman–Crippen LogP) is 1.90. The maximum atomic E-state index is 11.5. The molecule has 0 radical (unpaired) electrons. The lowest BCUT2D eigenvalue weighted by Crippen LogP contribution is -2.54. The number of piperazine rings is 1. The van der Waals surface area contributed by atoms with Gasteiger partial charge in [-0.05, 0) is 32.2 Å². The number of aliphatic carboxylic acids is 1. The van der Waals surface area contributed by atoms with Crippen LogP contribution in [0.15, 0.2) is 0 Å². The lowest BCUT2D eigenvalue weighted by atomic mass is 9.75. The van der Waals surface area contributed by atoms with Crippen molar-refractivity contribution in [3.63, 3.8) is 0 Å². The highest BCUT2D eigenvalue weighted by Crippen LogP contribution is 2.35. The van der Waals surface area contributed by atoms with Gasteiger partial charge in [-0.2, -0.15) is 0 Å². The Kier molecular flexibility index (Phi) is 5.22. The first-order valence-corrected chi connectivity index (χ1v) is 7.77. The van der Waals surface area contributed by atoms with Gasteiger partial charge in [0.05, 0.1) is 5.92 Å². The number of hydrogen-bond acceptors (Lipinski definition) is 3. The topological polar surface area (TPSA) is 43.8 Å². The highest BCUT2D eigenvalue weighted by molar-refractivity contribution is 5.71. The molecule has 2 fully saturated rings. The van der Waals surface area contributed by atoms with E-state index in [9.17, 15) is 9.90 Å². The van der Waals surface area contributed by atoms with E-state index in [-0.39, 0.29) is 12.0 Å². The SMILES string of the molecule is CCCC1CCC(C(=O)O)C(N2CCN(C)CC2)C1. The van der Waals surface area contributed by atoms with Gasteiger partial charge in [-0.3, -0.25) is 9.69 Å². The van der Waals surface area contributed by atoms with Crippen LogP contribution in [0.1, 0.15) is 39.0 Å². The number of nitrogens with zero attached hydrogens (tertiary/aromatic N) is 2. The molecule has 0 aromatic carbocycles. The zero-order valence-electron chi connectivity index (χ0n) is 12.3. The van der Waals surface area contributed by atoms with Gasteiger partial charge in [0.1, 0.15) is 0 Å². The largest absolute Gasteiger partial charge is 0.481 e. The number of likely N-dealkylation sites (N-methyl/N-ethyl adjacent to an activating group) is 1. The molecule has 2 rings (SSSR count). The second kappa shape index (κ2) is 6.71. The van der Waals surface area contributed by atoms with Gasteiger partial charge in [0, 0.05) is 32.2 Å². The van der Waals surface area contributed by atoms with Crippen LogP contribution in [0.5, 0.6) is 0 Å². The molecule has 4 nitrogen and oxygen atoms in total. The minimum Gasteiger partial charge on any atom is -0.481 e. The van der Waals surface area contributed by atoms with Crippen LogP contribution in [-0.4, -0.2) is 60.1 Å². The lowest BCUT2D eigenvalue weighted by molar-refractivity contribution is -0.146. The first kappa shape index (κ1) is 14.8. The van der Waals surface area contributed by atoms with E-state index in [1.807, 2.05) is 0 Å². The van der Waals surface area contributed by atoms with Gasteiger partial charge in [0.15, 0.2) is 0 Å². The molecule has 0 bridgehead atoms. The maximum Gasteiger partial charge on any atom is 0.308 e. The molecular weight excluding hydrogens is 240 g/mol. The first-order valence-electron chi connectivity index (χ1n) is 7.77. The van der Waals surface area contributed by atoms with Crippen LogP contribution in [-0.2, 0) is 4.79 Å². The summed E-state index contributed by atoms with van der Waals surface area (Å²) in [6.07, 6.45) is 5.55. The Hall–Kier alpha value is -0.610. The Morgan fingerprint density at radius 2 is 1.89 bits per heavy atom. The Balaban J connectivity index is 2.00. The number of carbonyl (C=O) groups is 1. The highest BCUT2D eigenvalue weighted by atomic mass is 16.4. The van der Waals surface area contributed by atoms with Crippen molar-refractivity contribution in [3.05, 3.63) is 0 Å². The molecule has 1 aliphatic heterocycles. The lowest BCUT2D eigenvalue weighted by Gasteiger charge is -2.44. The van der Waals surface area contributed by atoms with E-state index in [4.69, 9.17) is 0 Å². The standard InChI is InChI=1S/C15H28N2O2/c1-3-4-12-5-6-13(15(18)19)14(11-12)17-9-7-16(2)8-10-17/h12-14H,3-11H2,1-2H3,(H,18,19). The fourth-order valence-corrected chi connectivity index (χ4v) is 3.75. The van der Waals surface area contributed by atoms with Crippen LogP contribution in [0, 0.1) is 11.8 Å². The molecule has 1 heterocycles. The van der Waals surface area contributed by atoms with E-state index in [0.29, 0.717) is 0 Å². The summed E-state index contributed by atoms with van der Waals surface area (Å²) in [4.78, 5) is 16.3. The van der Waals surface area contributed by atoms with Gasteiger partial charge in [-0.15, -0.1) is 0 Å². The summed E-state index contributed by atoms with van der Waals surface area (Å²) in [6.45, 7) is 6.43. The molecule has 4 heteroatoms. The van der Waals surface area contributed by atoms with E-state index in [1.165, 1.54) is 12.8 Å². The van der Waals surface area contributed by atoms with E-state index in [0.717, 1.165) is 51.4 Å². The Morgan fingerprint density at radius 3 is 2.47 bits per heavy atom. The molecule has 1 aliphatic carbocycles. The zero-order chi connectivity index (χ0) is 13.8. The van der Waals surface area contributed by atoms with E-state index >= 15 is 0 Å². The fraction of sp³-hybridized carbons (Fsp3) is 0.933. The summed E-state index contributed by atoms with van der Waals surface area (Å²) < 4.78 is 0. The van der Waals surface area contributed by atoms with Crippen molar-refractivity contribution in [2.75, 3.05) is 33.2 Å². The van der Waals surface area contributed by atoms with Crippen LogP contribution >= 0.6 is 0 Å². The number of rotatable bonds is 4. The number of carboxylic acid groups (broad SMARTS) is 1. The van der Waals surface area contributed by atoms with Crippen LogP contribution in [0.4, 0.5) is 0 Å². The maximum absolute atomic E-state index is 11.5. The molecule has 1 N–H and O–H groups in total. The molecule has 2 aliphatic rings. The Labute approximate surface area is 116 Å². The number of hydrogen-bond donors (Lipinski definition) is 1. The van der Waals surface area contributed by atoms with Crippen molar-refractivity contribution in [2.45, 2.75) is 45.1 Å². The molecular formula is C15H28N2O2. The van der Waals surface area contributed by atoms with Crippen LogP contribution in [0.25, 0.3) is 0 Å². The van der Waals surface area contributed by atoms with Gasteiger partial charge in [-0.25, -0.2) is 0 Å². The third-order valence-electron chi connectivity index (χ3n) is 4.95. The van der Waals surface area contributed by atoms with E-state index in [2.05, 4.69) is 23.8 Å². The van der Waals surface area contributed by atoms with E-state index in [1.54, 1.807) is 0 Å². The smallest absolute Gasteiger partial charge is 0.308 e. The molecule has 0 amide bonds. The van der Waals surface area contributed by atoms with Crippen molar-refractivity contribution in [3.8, 4) is 0 Å². The monoisotopic (exact) mass is 268 g/mol. The second-order valence-electron chi connectivity index (χ2n) is 6.32. The van der Waals surface area contributed by atoms with Crippen molar-refractivity contribution >= 4 is 5.97 Å². The second-order valence-corrected chi connectivity index (χ2v) is 6.32. The summed E-state index contributed by atoms with van der Waals surface area (Å²) in [5.74, 6) is 0.0145. The van der Waals surface area contributed by atoms with Gasteiger partial charge in [-0.1, -0.05) is 19.8 Å². The van der Waals surface area contributed by atoms with Crippen molar-refractivity contribution in [1.82, 2.24) is 9.80 Å². The van der Waals surface area contributed by atoms with Crippen LogP contribution in [0.2, 0.25) is 0 Å². The summed E-state index contributed by atoms with van der Waals surface area (Å²) in [5.41, 5.74) is 0. The Morgan fingerprint density at radius 1 is 1.21 bits per heavy atom. The summed E-state index contributed by atoms with van der Waals surface area (Å²) in [7, 11) is 2.15. The average Bonchev–Trinajstić information content (AvgIpc) is 2.39. The molecule has 0 aromatic rings. The molecule has 110 valence electrons. The van der Waals surface area contributed by atoms with Crippen molar-refractivity contribution < 1.29 is 9.90 Å². The van der Waals surface area contributed by atoms with Gasteiger partial charge in [0.2, 0.25) is 0 Å². The summed E-state index contributed by atoms with van der Waals surface area (Å²) in [6, 6.07) is 0.275. The molecule has 1 saturated carbocycles. The first-order chi connectivity index (χ1) is 9.11. The number of carboxylic acids is 1. The third kappa shape index (κ3) is 3.69. The minimum atomic E-state index is -0.584. The zero-order valence-corrected chi connectivity index (χ0v) is 12.3. The van der Waals surface area contributed by atoms with Crippen LogP contribution in [0.3, 0.4) is 0 Å². The molecule has 0 spiro atoms. The average molecular weight is 268 g/mol.